The van der Waals surface area contributed by atoms with Crippen LogP contribution >= 0.6 is 12.4 Å². The van der Waals surface area contributed by atoms with Gasteiger partial charge in [0.25, 0.3) is 0 Å². The first-order valence-corrected chi connectivity index (χ1v) is 28.6. The second kappa shape index (κ2) is 52.1. The maximum absolute atomic E-state index is 12.4. The fraction of sp³-hybridized carbons (Fsp3) is 0.738. The number of allylic oxidation sites excluding steroid dienone is 6. The zero-order valence-electron chi connectivity index (χ0n) is 46.0. The van der Waals surface area contributed by atoms with Crippen molar-refractivity contribution in [1.29, 1.82) is 0 Å². The maximum atomic E-state index is 12.4. The molecule has 0 radical (unpaired) electrons. The summed E-state index contributed by atoms with van der Waals surface area (Å²) in [6, 6.07) is 7.32. The minimum atomic E-state index is -1.10. The lowest BCUT2D eigenvalue weighted by Crippen LogP contribution is -2.48. The van der Waals surface area contributed by atoms with Crippen molar-refractivity contribution in [3.05, 3.63) is 83.5 Å². The van der Waals surface area contributed by atoms with Crippen LogP contribution in [0.25, 0.3) is 0 Å². The second-order valence-corrected chi connectivity index (χ2v) is 20.0. The first-order chi connectivity index (χ1) is 34.0. The lowest BCUT2D eigenvalue weighted by Gasteiger charge is -2.21. The predicted molar refractivity (Wildman–Crippen MR) is 304 cm³/mol. The Morgan fingerprint density at radius 2 is 0.972 bits per heavy atom. The van der Waals surface area contributed by atoms with Gasteiger partial charge < -0.3 is 36.2 Å². The number of nitrogens with one attached hydrogen (secondary N) is 1. The van der Waals surface area contributed by atoms with Crippen molar-refractivity contribution < 1.29 is 34.8 Å². The van der Waals surface area contributed by atoms with Gasteiger partial charge in [0, 0.05) is 0 Å². The summed E-state index contributed by atoms with van der Waals surface area (Å²) >= 11 is 0. The van der Waals surface area contributed by atoms with Crippen molar-refractivity contribution in [2.24, 2.45) is 5.73 Å². The first kappa shape index (κ1) is 70.3. The Labute approximate surface area is 441 Å². The number of nitrogens with two attached hydrogens (primary N) is 1. The normalized spacial score (nSPS) is 14.1. The van der Waals surface area contributed by atoms with E-state index in [0.717, 1.165) is 51.4 Å². The number of esters is 1. The highest BCUT2D eigenvalue weighted by molar-refractivity contribution is 5.89. The van der Waals surface area contributed by atoms with E-state index in [1.54, 1.807) is 36.4 Å². The number of hydrogen-bond donors (Lipinski definition) is 6. The average molecular weight is 1020 g/mol. The van der Waals surface area contributed by atoms with Crippen LogP contribution in [0, 0.1) is 0 Å². The van der Waals surface area contributed by atoms with Crippen LogP contribution in [0.5, 0.6) is 0 Å². The van der Waals surface area contributed by atoms with Crippen LogP contribution in [0.1, 0.15) is 257 Å². The number of hydrogen-bond acceptors (Lipinski definition) is 8. The van der Waals surface area contributed by atoms with Gasteiger partial charge in [-0.1, -0.05) is 241 Å². The maximum Gasteiger partial charge on any atom is 0.338 e. The Morgan fingerprint density at radius 1 is 0.577 bits per heavy atom. The zero-order chi connectivity index (χ0) is 51.7. The van der Waals surface area contributed by atoms with E-state index in [1.165, 1.54) is 165 Å². The molecule has 0 saturated carbocycles. The van der Waals surface area contributed by atoms with E-state index >= 15 is 0 Å². The summed E-state index contributed by atoms with van der Waals surface area (Å²) in [5.74, 6) is -0.942. The molecule has 1 aromatic carbocycles. The van der Waals surface area contributed by atoms with Crippen LogP contribution < -0.4 is 11.1 Å². The van der Waals surface area contributed by atoms with Crippen LogP contribution in [0.2, 0.25) is 0 Å². The molecule has 0 spiro atoms. The Morgan fingerprint density at radius 3 is 1.39 bits per heavy atom. The van der Waals surface area contributed by atoms with Crippen molar-refractivity contribution in [3.63, 3.8) is 0 Å². The highest BCUT2D eigenvalue weighted by Crippen LogP contribution is 2.16. The number of halogens is 1. The summed E-state index contributed by atoms with van der Waals surface area (Å²) in [6.07, 6.45) is 48.7. The molecule has 5 atom stereocenters. The molecule has 0 unspecified atom stereocenters. The van der Waals surface area contributed by atoms with Gasteiger partial charge in [0.2, 0.25) is 5.91 Å². The molecule has 0 aromatic heterocycles. The van der Waals surface area contributed by atoms with Gasteiger partial charge in [0.1, 0.15) is 12.7 Å². The van der Waals surface area contributed by atoms with E-state index in [9.17, 15) is 30.0 Å². The largest absolute Gasteiger partial charge is 0.460 e. The summed E-state index contributed by atoms with van der Waals surface area (Å²) in [5, 5.41) is 43.0. The summed E-state index contributed by atoms with van der Waals surface area (Å²) < 4.78 is 5.18. The quantitative estimate of drug-likeness (QED) is 0.0214. The van der Waals surface area contributed by atoms with E-state index in [2.05, 4.69) is 52.1 Å². The molecule has 0 heterocycles. The molecule has 71 heavy (non-hydrogen) atoms. The minimum absolute atomic E-state index is 0. The van der Waals surface area contributed by atoms with Crippen molar-refractivity contribution in [2.45, 2.75) is 277 Å². The number of aliphatic hydroxyl groups is 4. The Hall–Kier alpha value is -2.79. The fourth-order valence-corrected chi connectivity index (χ4v) is 8.28. The van der Waals surface area contributed by atoms with Crippen molar-refractivity contribution in [3.8, 4) is 0 Å². The highest BCUT2D eigenvalue weighted by atomic mass is 35.5. The van der Waals surface area contributed by atoms with Gasteiger partial charge in [-0.05, 0) is 83.8 Å². The average Bonchev–Trinajstić information content (AvgIpc) is 3.36. The number of ether oxygens (including phenoxy) is 1. The lowest BCUT2D eigenvalue weighted by molar-refractivity contribution is -0.131. The number of rotatable bonds is 45. The smallest absolute Gasteiger partial charge is 0.338 e. The molecule has 412 valence electrons. The summed E-state index contributed by atoms with van der Waals surface area (Å²) in [5.41, 5.74) is 9.27. The lowest BCUT2D eigenvalue weighted by atomic mass is 10.0. The minimum Gasteiger partial charge on any atom is -0.460 e. The Kier molecular flexibility index (Phi) is 51.6. The third kappa shape index (κ3) is 44.4. The van der Waals surface area contributed by atoms with Crippen LogP contribution in [0.4, 0.5) is 0 Å². The number of benzene rings is 1. The molecule has 0 fully saturated rings. The van der Waals surface area contributed by atoms with Gasteiger partial charge >= 0.3 is 5.97 Å². The molecular formula is C61H109ClN2O7. The Bertz CT molecular complexity index is 1470. The van der Waals surface area contributed by atoms with Crippen LogP contribution in [-0.2, 0) is 9.53 Å². The topological polar surface area (TPSA) is 162 Å². The molecule has 0 aliphatic rings. The first-order valence-electron chi connectivity index (χ1n) is 28.6. The van der Waals surface area contributed by atoms with Crippen LogP contribution in [0.3, 0.4) is 0 Å². The van der Waals surface area contributed by atoms with Gasteiger partial charge in [-0.25, -0.2) is 4.79 Å². The van der Waals surface area contributed by atoms with Crippen molar-refractivity contribution in [2.75, 3.05) is 13.2 Å². The van der Waals surface area contributed by atoms with Crippen LogP contribution in [-0.4, -0.2) is 75.9 Å². The molecule has 7 N–H and O–H groups in total. The summed E-state index contributed by atoms with van der Waals surface area (Å²) in [4.78, 5) is 24.3. The fourth-order valence-electron chi connectivity index (χ4n) is 8.28. The molecule has 9 nitrogen and oxygen atoms in total. The van der Waals surface area contributed by atoms with Crippen molar-refractivity contribution >= 4 is 24.3 Å². The van der Waals surface area contributed by atoms with E-state index in [4.69, 9.17) is 10.5 Å². The SMILES string of the molecule is CCCCCCCCC/C(C)=C/CC/C=C/[C@H](O)[C@H](N)COC(=O)c1ccccc1.CCCCCCCCCCCCCC[C@H](O)C(=O)N[C@H](CO)[C@@H](O)/C=C/CC/C=C(\C)CCCCCCCCC.Cl. The number of amides is 1. The van der Waals surface area contributed by atoms with Gasteiger partial charge in [-0.3, -0.25) is 4.79 Å². The number of unbranched alkanes of at least 4 members (excludes halogenated alkanes) is 25. The summed E-state index contributed by atoms with van der Waals surface area (Å²) in [7, 11) is 0. The number of aliphatic hydroxyl groups excluding tert-OH is 4. The van der Waals surface area contributed by atoms with Gasteiger partial charge in [0.05, 0.1) is 36.5 Å². The van der Waals surface area contributed by atoms with Gasteiger partial charge in [0.15, 0.2) is 0 Å². The van der Waals surface area contributed by atoms with E-state index < -0.39 is 42.3 Å². The molecule has 0 bridgehead atoms. The van der Waals surface area contributed by atoms with E-state index in [1.807, 2.05) is 18.2 Å². The number of carbonyl (C=O) groups excluding carboxylic acids is 2. The second-order valence-electron chi connectivity index (χ2n) is 20.0. The van der Waals surface area contributed by atoms with E-state index in [0.29, 0.717) is 12.0 Å². The molecule has 0 aliphatic heterocycles. The van der Waals surface area contributed by atoms with Crippen LogP contribution in [0.15, 0.2) is 77.9 Å². The molecule has 1 amide bonds. The predicted octanol–water partition coefficient (Wildman–Crippen LogP) is 15.1. The molecule has 0 saturated heterocycles. The van der Waals surface area contributed by atoms with E-state index in [-0.39, 0.29) is 25.6 Å². The summed E-state index contributed by atoms with van der Waals surface area (Å²) in [6.45, 7) is 10.8. The van der Waals surface area contributed by atoms with Gasteiger partial charge in [-0.15, -0.1) is 12.4 Å². The zero-order valence-corrected chi connectivity index (χ0v) is 46.8. The molecule has 1 aromatic rings. The molecule has 10 heteroatoms. The monoisotopic (exact) mass is 1020 g/mol. The number of carbonyl (C=O) groups is 2. The Balaban J connectivity index is 0. The third-order valence-corrected chi connectivity index (χ3v) is 13.1. The van der Waals surface area contributed by atoms with Gasteiger partial charge in [-0.2, -0.15) is 0 Å². The molecule has 1 rings (SSSR count). The van der Waals surface area contributed by atoms with Crippen molar-refractivity contribution in [1.82, 2.24) is 5.32 Å². The highest BCUT2D eigenvalue weighted by Gasteiger charge is 2.22. The third-order valence-electron chi connectivity index (χ3n) is 13.1. The molecular weight excluding hydrogens is 908 g/mol. The standard InChI is InChI=1S/C35H67NO4.C26H41NO3.ClH/c1-4-6-8-10-12-13-14-15-16-18-20-24-29-34(39)35(40)36-32(30-37)33(38)28-25-21-23-27-31(3)26-22-19-17-11-9-7-5-2;1-3-4-5-6-7-8-11-16-22(2)17-12-9-15-20-25(28)24(27)21-30-26(29)23-18-13-10-14-19-23;/h25,27-28,32-34,37-39H,4-24,26,29-30H2,1-3H3,(H,36,40);10,13-15,17-20,24-25,28H,3-9,11-12,16,21,27H2,1-2H3;1H/b28-25+,31-27+;20-15+,22-17+;/t32-,33+,34+;24-,25+;/m11./s1. The molecule has 0 aliphatic carbocycles.